The van der Waals surface area contributed by atoms with Gasteiger partial charge in [-0.25, -0.2) is 14.4 Å². The molecule has 0 fully saturated rings. The van der Waals surface area contributed by atoms with Gasteiger partial charge in [-0.1, -0.05) is 24.3 Å². The SMILES string of the molecule is COc1ccccc1CCNC(=O)c1cnc(Nc2cccc(F)c2)nc1. The van der Waals surface area contributed by atoms with E-state index in [1.807, 2.05) is 24.3 Å². The van der Waals surface area contributed by atoms with Gasteiger partial charge in [0, 0.05) is 24.6 Å². The van der Waals surface area contributed by atoms with Gasteiger partial charge in [0.1, 0.15) is 11.6 Å². The fourth-order valence-electron chi connectivity index (χ4n) is 2.53. The number of halogens is 1. The van der Waals surface area contributed by atoms with Gasteiger partial charge in [-0.05, 0) is 36.2 Å². The molecule has 0 atom stereocenters. The van der Waals surface area contributed by atoms with Crippen molar-refractivity contribution in [2.45, 2.75) is 6.42 Å². The van der Waals surface area contributed by atoms with Gasteiger partial charge in [0.05, 0.1) is 12.7 Å². The summed E-state index contributed by atoms with van der Waals surface area (Å²) in [4.78, 5) is 20.4. The number of nitrogens with zero attached hydrogens (tertiary/aromatic N) is 2. The molecule has 0 unspecified atom stereocenters. The summed E-state index contributed by atoms with van der Waals surface area (Å²) < 4.78 is 18.5. The second-order valence-corrected chi connectivity index (χ2v) is 5.75. The maximum absolute atomic E-state index is 13.2. The molecule has 7 heteroatoms. The van der Waals surface area contributed by atoms with Gasteiger partial charge < -0.3 is 15.4 Å². The first kappa shape index (κ1) is 18.3. The van der Waals surface area contributed by atoms with E-state index in [2.05, 4.69) is 20.6 Å². The molecule has 0 aliphatic heterocycles. The van der Waals surface area contributed by atoms with Crippen LogP contribution in [0.1, 0.15) is 15.9 Å². The van der Waals surface area contributed by atoms with Crippen molar-refractivity contribution in [2.24, 2.45) is 0 Å². The van der Waals surface area contributed by atoms with E-state index in [4.69, 9.17) is 4.74 Å². The van der Waals surface area contributed by atoms with Crippen LogP contribution in [0.15, 0.2) is 60.9 Å². The highest BCUT2D eigenvalue weighted by Crippen LogP contribution is 2.17. The minimum absolute atomic E-state index is 0.262. The molecule has 6 nitrogen and oxygen atoms in total. The molecule has 2 N–H and O–H groups in total. The van der Waals surface area contributed by atoms with E-state index in [0.29, 0.717) is 24.2 Å². The van der Waals surface area contributed by atoms with Crippen LogP contribution in [0.25, 0.3) is 0 Å². The summed E-state index contributed by atoms with van der Waals surface area (Å²) in [6.07, 6.45) is 3.50. The first-order valence-corrected chi connectivity index (χ1v) is 8.40. The van der Waals surface area contributed by atoms with Gasteiger partial charge in [-0.3, -0.25) is 4.79 Å². The number of nitrogens with one attached hydrogen (secondary N) is 2. The third-order valence-corrected chi connectivity index (χ3v) is 3.87. The van der Waals surface area contributed by atoms with Gasteiger partial charge >= 0.3 is 0 Å². The number of aromatic nitrogens is 2. The van der Waals surface area contributed by atoms with Crippen LogP contribution in [-0.4, -0.2) is 29.5 Å². The summed E-state index contributed by atoms with van der Waals surface area (Å²) in [6, 6.07) is 13.6. The molecule has 0 radical (unpaired) electrons. The lowest BCUT2D eigenvalue weighted by Gasteiger charge is -2.09. The lowest BCUT2D eigenvalue weighted by atomic mass is 10.1. The molecular weight excluding hydrogens is 347 g/mol. The Hall–Kier alpha value is -3.48. The quantitative estimate of drug-likeness (QED) is 0.671. The average molecular weight is 366 g/mol. The summed E-state index contributed by atoms with van der Waals surface area (Å²) in [5, 5.41) is 5.71. The maximum Gasteiger partial charge on any atom is 0.254 e. The number of benzene rings is 2. The van der Waals surface area contributed by atoms with Gasteiger partial charge in [0.2, 0.25) is 5.95 Å². The number of carbonyl (C=O) groups excluding carboxylic acids is 1. The summed E-state index contributed by atoms with van der Waals surface area (Å²) >= 11 is 0. The molecule has 0 saturated heterocycles. The van der Waals surface area contributed by atoms with Crippen LogP contribution in [0.5, 0.6) is 5.75 Å². The molecule has 3 rings (SSSR count). The highest BCUT2D eigenvalue weighted by Gasteiger charge is 2.08. The van der Waals surface area contributed by atoms with E-state index in [0.717, 1.165) is 11.3 Å². The molecule has 138 valence electrons. The zero-order valence-electron chi connectivity index (χ0n) is 14.8. The van der Waals surface area contributed by atoms with Crippen molar-refractivity contribution < 1.29 is 13.9 Å². The van der Waals surface area contributed by atoms with E-state index in [-0.39, 0.29) is 17.7 Å². The van der Waals surface area contributed by atoms with Crippen LogP contribution in [0.2, 0.25) is 0 Å². The predicted molar refractivity (Wildman–Crippen MR) is 101 cm³/mol. The second kappa shape index (κ2) is 8.75. The minimum Gasteiger partial charge on any atom is -0.496 e. The molecule has 1 aromatic heterocycles. The van der Waals surface area contributed by atoms with E-state index in [9.17, 15) is 9.18 Å². The molecular formula is C20H19FN4O2. The summed E-state index contributed by atoms with van der Waals surface area (Å²) in [5.74, 6) is 0.460. The van der Waals surface area contributed by atoms with E-state index < -0.39 is 0 Å². The van der Waals surface area contributed by atoms with Crippen LogP contribution >= 0.6 is 0 Å². The number of ether oxygens (including phenoxy) is 1. The van der Waals surface area contributed by atoms with Crippen LogP contribution in [-0.2, 0) is 6.42 Å². The van der Waals surface area contributed by atoms with Crippen LogP contribution in [0, 0.1) is 5.82 Å². The van der Waals surface area contributed by atoms with Crippen molar-refractivity contribution >= 4 is 17.5 Å². The van der Waals surface area contributed by atoms with Crippen molar-refractivity contribution in [3.05, 3.63) is 77.9 Å². The Labute approximate surface area is 156 Å². The Morgan fingerprint density at radius 3 is 2.63 bits per heavy atom. The topological polar surface area (TPSA) is 76.1 Å². The first-order chi connectivity index (χ1) is 13.2. The number of hydrogen-bond acceptors (Lipinski definition) is 5. The third kappa shape index (κ3) is 5.01. The molecule has 0 aliphatic rings. The smallest absolute Gasteiger partial charge is 0.254 e. The number of rotatable bonds is 7. The molecule has 0 aliphatic carbocycles. The summed E-state index contributed by atoms with van der Waals surface area (Å²) in [7, 11) is 1.62. The molecule has 0 saturated carbocycles. The zero-order chi connectivity index (χ0) is 19.1. The van der Waals surface area contributed by atoms with E-state index >= 15 is 0 Å². The number of anilines is 2. The fourth-order valence-corrected chi connectivity index (χ4v) is 2.53. The predicted octanol–water partition coefficient (Wildman–Crippen LogP) is 3.34. The van der Waals surface area contributed by atoms with Crippen molar-refractivity contribution in [3.63, 3.8) is 0 Å². The van der Waals surface area contributed by atoms with E-state index in [1.165, 1.54) is 24.5 Å². The van der Waals surface area contributed by atoms with Crippen LogP contribution in [0.4, 0.5) is 16.0 Å². The summed E-state index contributed by atoms with van der Waals surface area (Å²) in [6.45, 7) is 0.461. The third-order valence-electron chi connectivity index (χ3n) is 3.87. The first-order valence-electron chi connectivity index (χ1n) is 8.40. The molecule has 2 aromatic carbocycles. The van der Waals surface area contributed by atoms with Crippen LogP contribution < -0.4 is 15.4 Å². The van der Waals surface area contributed by atoms with Crippen molar-refractivity contribution in [2.75, 3.05) is 19.0 Å². The molecule has 27 heavy (non-hydrogen) atoms. The highest BCUT2D eigenvalue weighted by molar-refractivity contribution is 5.93. The van der Waals surface area contributed by atoms with Crippen molar-refractivity contribution in [3.8, 4) is 5.75 Å². The zero-order valence-corrected chi connectivity index (χ0v) is 14.8. The second-order valence-electron chi connectivity index (χ2n) is 5.75. The normalized spacial score (nSPS) is 10.3. The minimum atomic E-state index is -0.356. The van der Waals surface area contributed by atoms with Crippen molar-refractivity contribution in [1.29, 1.82) is 0 Å². The molecule has 1 amide bonds. The monoisotopic (exact) mass is 366 g/mol. The van der Waals surface area contributed by atoms with Crippen molar-refractivity contribution in [1.82, 2.24) is 15.3 Å². The Bertz CT molecular complexity index is 916. The number of para-hydroxylation sites is 1. The number of hydrogen-bond donors (Lipinski definition) is 2. The number of amides is 1. The Morgan fingerprint density at radius 2 is 1.89 bits per heavy atom. The Morgan fingerprint density at radius 1 is 1.11 bits per heavy atom. The van der Waals surface area contributed by atoms with Gasteiger partial charge in [-0.2, -0.15) is 0 Å². The lowest BCUT2D eigenvalue weighted by Crippen LogP contribution is -2.26. The van der Waals surface area contributed by atoms with Crippen LogP contribution in [0.3, 0.4) is 0 Å². The molecule has 1 heterocycles. The highest BCUT2D eigenvalue weighted by atomic mass is 19.1. The standard InChI is InChI=1S/C20H19FN4O2/c1-27-18-8-3-2-5-14(18)9-10-22-19(26)15-12-23-20(24-13-15)25-17-7-4-6-16(21)11-17/h2-8,11-13H,9-10H2,1H3,(H,22,26)(H,23,24,25). The summed E-state index contributed by atoms with van der Waals surface area (Å²) in [5.41, 5.74) is 1.90. The van der Waals surface area contributed by atoms with E-state index in [1.54, 1.807) is 19.2 Å². The molecule has 0 spiro atoms. The van der Waals surface area contributed by atoms with Gasteiger partial charge in [0.25, 0.3) is 5.91 Å². The number of carbonyl (C=O) groups is 1. The Kier molecular flexibility index (Phi) is 5.94. The maximum atomic E-state index is 13.2. The Balaban J connectivity index is 1.54. The average Bonchev–Trinajstić information content (AvgIpc) is 2.69. The molecule has 0 bridgehead atoms. The lowest BCUT2D eigenvalue weighted by molar-refractivity contribution is 0.0953. The van der Waals surface area contributed by atoms with Gasteiger partial charge in [0.15, 0.2) is 0 Å². The van der Waals surface area contributed by atoms with Gasteiger partial charge in [-0.15, -0.1) is 0 Å². The number of methoxy groups -OCH3 is 1. The largest absolute Gasteiger partial charge is 0.496 e. The molecule has 3 aromatic rings. The fraction of sp³-hybridized carbons (Fsp3) is 0.150.